The molecule has 0 radical (unpaired) electrons. The van der Waals surface area contributed by atoms with Crippen LogP contribution >= 0.6 is 0 Å². The molecule has 0 aliphatic heterocycles. The van der Waals surface area contributed by atoms with Crippen LogP contribution in [0.25, 0.3) is 88.8 Å². The highest BCUT2D eigenvalue weighted by Gasteiger charge is 2.18. The summed E-state index contributed by atoms with van der Waals surface area (Å²) in [6.45, 7) is 0. The first kappa shape index (κ1) is 25.4. The number of benzene rings is 6. The summed E-state index contributed by atoms with van der Waals surface area (Å²) < 4.78 is 6.68. The summed E-state index contributed by atoms with van der Waals surface area (Å²) in [7, 11) is 0. The summed E-state index contributed by atoms with van der Waals surface area (Å²) in [5.41, 5.74) is 9.47. The molecule has 0 aliphatic rings. The minimum Gasteiger partial charge on any atom is -0.455 e. The lowest BCUT2D eigenvalue weighted by atomic mass is 9.97. The van der Waals surface area contributed by atoms with Crippen molar-refractivity contribution in [3.05, 3.63) is 152 Å². The van der Waals surface area contributed by atoms with E-state index in [9.17, 15) is 0 Å². The smallest absolute Gasteiger partial charge is 0.160 e. The average molecular weight is 576 g/mol. The highest BCUT2D eigenvalue weighted by atomic mass is 16.3. The van der Waals surface area contributed by atoms with Gasteiger partial charge in [0.1, 0.15) is 11.2 Å². The maximum Gasteiger partial charge on any atom is 0.160 e. The Balaban J connectivity index is 1.28. The third-order valence-corrected chi connectivity index (χ3v) is 8.47. The Morgan fingerprint density at radius 3 is 1.78 bits per heavy atom. The molecule has 0 amide bonds. The number of para-hydroxylation sites is 1. The molecule has 9 aromatic rings. The molecule has 4 heteroatoms. The third-order valence-electron chi connectivity index (χ3n) is 8.47. The second-order valence-electron chi connectivity index (χ2n) is 11.2. The zero-order valence-corrected chi connectivity index (χ0v) is 24.2. The van der Waals surface area contributed by atoms with Crippen molar-refractivity contribution in [3.8, 4) is 45.2 Å². The lowest BCUT2D eigenvalue weighted by Gasteiger charge is -2.10. The number of fused-ring (bicyclic) bond motifs is 7. The molecule has 6 aromatic carbocycles. The van der Waals surface area contributed by atoms with Crippen LogP contribution in [0.1, 0.15) is 0 Å². The van der Waals surface area contributed by atoms with Gasteiger partial charge in [-0.15, -0.1) is 0 Å². The molecule has 0 atom stereocenters. The summed E-state index contributed by atoms with van der Waals surface area (Å²) in [4.78, 5) is 15.1. The molecule has 3 aromatic heterocycles. The number of rotatable bonds is 4. The lowest BCUT2D eigenvalue weighted by molar-refractivity contribution is 0.673. The average Bonchev–Trinajstić information content (AvgIpc) is 3.50. The molecular formula is C41H25N3O. The standard InChI is InChI=1S/C41H25N3O/c1-4-12-26(13-5-1)35-25-36(44-41(43-35)28-16-8-3-9-17-28)29-20-23-37-33(24-29)30-21-22-32-38(40(30)45-37)31-18-10-11-19-34(31)42-39(32)27-14-6-2-7-15-27/h1-25H. The minimum absolute atomic E-state index is 0.697. The molecule has 0 aliphatic carbocycles. The molecule has 0 spiro atoms. The fourth-order valence-corrected chi connectivity index (χ4v) is 6.31. The van der Waals surface area contributed by atoms with E-state index in [0.29, 0.717) is 5.82 Å². The highest BCUT2D eigenvalue weighted by molar-refractivity contribution is 6.24. The summed E-state index contributed by atoms with van der Waals surface area (Å²) in [5, 5.41) is 5.34. The quantitative estimate of drug-likeness (QED) is 0.196. The molecular weight excluding hydrogens is 550 g/mol. The van der Waals surface area contributed by atoms with Gasteiger partial charge >= 0.3 is 0 Å². The molecule has 210 valence electrons. The maximum absolute atomic E-state index is 6.68. The van der Waals surface area contributed by atoms with Gasteiger partial charge in [-0.1, -0.05) is 115 Å². The minimum atomic E-state index is 0.697. The van der Waals surface area contributed by atoms with E-state index in [4.69, 9.17) is 19.4 Å². The monoisotopic (exact) mass is 575 g/mol. The van der Waals surface area contributed by atoms with Gasteiger partial charge in [0.25, 0.3) is 0 Å². The molecule has 0 saturated carbocycles. The predicted octanol–water partition coefficient (Wildman–Crippen LogP) is 10.7. The number of aromatic nitrogens is 3. The lowest BCUT2D eigenvalue weighted by Crippen LogP contribution is -1.95. The summed E-state index contributed by atoms with van der Waals surface area (Å²) >= 11 is 0. The van der Waals surface area contributed by atoms with E-state index in [1.807, 2.05) is 48.5 Å². The van der Waals surface area contributed by atoms with Crippen molar-refractivity contribution in [3.63, 3.8) is 0 Å². The van der Waals surface area contributed by atoms with Gasteiger partial charge in [0.05, 0.1) is 22.6 Å². The maximum atomic E-state index is 6.68. The van der Waals surface area contributed by atoms with Crippen LogP contribution in [0.5, 0.6) is 0 Å². The summed E-state index contributed by atoms with van der Waals surface area (Å²) in [5.74, 6) is 0.697. The topological polar surface area (TPSA) is 51.8 Å². The Morgan fingerprint density at radius 2 is 1.02 bits per heavy atom. The van der Waals surface area contributed by atoms with Crippen LogP contribution in [0.15, 0.2) is 156 Å². The highest BCUT2D eigenvalue weighted by Crippen LogP contribution is 2.41. The van der Waals surface area contributed by atoms with E-state index in [0.717, 1.165) is 82.9 Å². The van der Waals surface area contributed by atoms with Crippen molar-refractivity contribution in [2.75, 3.05) is 0 Å². The van der Waals surface area contributed by atoms with Gasteiger partial charge in [0, 0.05) is 49.2 Å². The number of furan rings is 1. The third kappa shape index (κ3) is 4.27. The van der Waals surface area contributed by atoms with Crippen molar-refractivity contribution in [2.24, 2.45) is 0 Å². The number of nitrogens with zero attached hydrogens (tertiary/aromatic N) is 3. The van der Waals surface area contributed by atoms with Crippen molar-refractivity contribution in [1.82, 2.24) is 15.0 Å². The van der Waals surface area contributed by atoms with Crippen LogP contribution in [0.2, 0.25) is 0 Å². The second-order valence-corrected chi connectivity index (χ2v) is 11.2. The molecule has 0 N–H and O–H groups in total. The van der Waals surface area contributed by atoms with E-state index >= 15 is 0 Å². The van der Waals surface area contributed by atoms with Crippen LogP contribution in [0.3, 0.4) is 0 Å². The Labute approximate surface area is 259 Å². The first-order valence-electron chi connectivity index (χ1n) is 15.0. The zero-order chi connectivity index (χ0) is 29.7. The van der Waals surface area contributed by atoms with Crippen molar-refractivity contribution < 1.29 is 4.42 Å². The second kappa shape index (κ2) is 10.2. The van der Waals surface area contributed by atoms with Crippen molar-refractivity contribution in [1.29, 1.82) is 0 Å². The van der Waals surface area contributed by atoms with Crippen molar-refractivity contribution >= 4 is 43.6 Å². The van der Waals surface area contributed by atoms with Gasteiger partial charge in [-0.25, -0.2) is 15.0 Å². The molecule has 0 saturated heterocycles. The first-order valence-corrected chi connectivity index (χ1v) is 15.0. The molecule has 0 bridgehead atoms. The Bertz CT molecular complexity index is 2460. The summed E-state index contributed by atoms with van der Waals surface area (Å²) in [6, 6.07) is 51.9. The van der Waals surface area contributed by atoms with Gasteiger partial charge < -0.3 is 4.42 Å². The van der Waals surface area contributed by atoms with Crippen LogP contribution in [0.4, 0.5) is 0 Å². The van der Waals surface area contributed by atoms with Crippen LogP contribution in [-0.4, -0.2) is 15.0 Å². The SMILES string of the molecule is c1ccc(-c2cc(-c3ccc4oc5c(ccc6c(-c7ccccc7)nc7ccccc7c65)c4c3)nc(-c3ccccc3)n2)cc1. The number of pyridine rings is 1. The van der Waals surface area contributed by atoms with Crippen LogP contribution < -0.4 is 0 Å². The van der Waals surface area contributed by atoms with Crippen molar-refractivity contribution in [2.45, 2.75) is 0 Å². The van der Waals surface area contributed by atoms with E-state index in [1.54, 1.807) is 0 Å². The summed E-state index contributed by atoms with van der Waals surface area (Å²) in [6.07, 6.45) is 0. The largest absolute Gasteiger partial charge is 0.455 e. The number of hydrogen-bond donors (Lipinski definition) is 0. The van der Waals surface area contributed by atoms with E-state index < -0.39 is 0 Å². The van der Waals surface area contributed by atoms with E-state index in [1.165, 1.54) is 0 Å². The Morgan fingerprint density at radius 1 is 0.400 bits per heavy atom. The Hall–Kier alpha value is -6.13. The molecule has 0 unspecified atom stereocenters. The molecule has 45 heavy (non-hydrogen) atoms. The fraction of sp³-hybridized carbons (Fsp3) is 0. The normalized spacial score (nSPS) is 11.6. The van der Waals surface area contributed by atoms with Crippen LogP contribution in [0, 0.1) is 0 Å². The van der Waals surface area contributed by atoms with E-state index in [-0.39, 0.29) is 0 Å². The van der Waals surface area contributed by atoms with E-state index in [2.05, 4.69) is 103 Å². The van der Waals surface area contributed by atoms with Gasteiger partial charge in [0.15, 0.2) is 5.82 Å². The van der Waals surface area contributed by atoms with Gasteiger partial charge in [-0.05, 0) is 36.4 Å². The molecule has 9 rings (SSSR count). The number of hydrogen-bond acceptors (Lipinski definition) is 4. The molecule has 3 heterocycles. The first-order chi connectivity index (χ1) is 22.3. The zero-order valence-electron chi connectivity index (χ0n) is 24.2. The van der Waals surface area contributed by atoms with Crippen LogP contribution in [-0.2, 0) is 0 Å². The molecule has 4 nitrogen and oxygen atoms in total. The fourth-order valence-electron chi connectivity index (χ4n) is 6.31. The predicted molar refractivity (Wildman–Crippen MR) is 184 cm³/mol. The van der Waals surface area contributed by atoms with Gasteiger partial charge in [0.2, 0.25) is 0 Å². The van der Waals surface area contributed by atoms with Gasteiger partial charge in [-0.2, -0.15) is 0 Å². The Kier molecular flexibility index (Phi) is 5.78. The van der Waals surface area contributed by atoms with Gasteiger partial charge in [-0.3, -0.25) is 0 Å². The molecule has 0 fully saturated rings.